The Balaban J connectivity index is 1.58. The van der Waals surface area contributed by atoms with E-state index in [-0.39, 0.29) is 17.9 Å². The first-order valence-electron chi connectivity index (χ1n) is 7.78. The van der Waals surface area contributed by atoms with Crippen LogP contribution >= 0.6 is 0 Å². The maximum atomic E-state index is 12.7. The van der Waals surface area contributed by atoms with Gasteiger partial charge in [0.25, 0.3) is 5.91 Å². The van der Waals surface area contributed by atoms with Gasteiger partial charge in [-0.3, -0.25) is 9.48 Å². The second-order valence-electron chi connectivity index (χ2n) is 5.85. The normalized spacial score (nSPS) is 16.1. The van der Waals surface area contributed by atoms with Gasteiger partial charge in [0.2, 0.25) is 5.95 Å². The summed E-state index contributed by atoms with van der Waals surface area (Å²) in [5.74, 6) is -0.196. The van der Waals surface area contributed by atoms with Crippen LogP contribution in [0, 0.1) is 0 Å². The number of aromatic nitrogens is 4. The third kappa shape index (κ3) is 4.06. The summed E-state index contributed by atoms with van der Waals surface area (Å²) in [6.07, 6.45) is -0.508. The van der Waals surface area contributed by atoms with Crippen molar-refractivity contribution < 1.29 is 18.0 Å². The van der Waals surface area contributed by atoms with Crippen LogP contribution in [0.4, 0.5) is 19.1 Å². The fourth-order valence-corrected chi connectivity index (χ4v) is 2.68. The molecule has 2 aromatic heterocycles. The molecular formula is C15H17F3N6O. The molecule has 3 rings (SSSR count). The van der Waals surface area contributed by atoms with Crippen molar-refractivity contribution in [2.24, 2.45) is 7.05 Å². The van der Waals surface area contributed by atoms with Crippen molar-refractivity contribution in [1.82, 2.24) is 25.1 Å². The number of carbonyl (C=O) groups excluding carboxylic acids is 1. The van der Waals surface area contributed by atoms with Crippen molar-refractivity contribution in [3.8, 4) is 0 Å². The Morgan fingerprint density at radius 1 is 1.28 bits per heavy atom. The van der Waals surface area contributed by atoms with Crippen LogP contribution in [0.25, 0.3) is 0 Å². The Morgan fingerprint density at radius 2 is 2.00 bits per heavy atom. The number of rotatable bonds is 3. The van der Waals surface area contributed by atoms with Gasteiger partial charge in [0.1, 0.15) is 11.4 Å². The predicted octanol–water partition coefficient (Wildman–Crippen LogP) is 1.63. The maximum absolute atomic E-state index is 12.7. The summed E-state index contributed by atoms with van der Waals surface area (Å²) < 4.78 is 39.8. The quantitative estimate of drug-likeness (QED) is 0.907. The number of halogens is 3. The third-order valence-corrected chi connectivity index (χ3v) is 3.99. The Labute approximate surface area is 141 Å². The molecule has 10 heteroatoms. The van der Waals surface area contributed by atoms with Gasteiger partial charge in [-0.25, -0.2) is 9.97 Å². The van der Waals surface area contributed by atoms with E-state index >= 15 is 0 Å². The van der Waals surface area contributed by atoms with Crippen molar-refractivity contribution in [2.75, 3.05) is 18.0 Å². The van der Waals surface area contributed by atoms with Gasteiger partial charge in [0.05, 0.1) is 0 Å². The molecule has 7 nitrogen and oxygen atoms in total. The molecular weight excluding hydrogens is 337 g/mol. The van der Waals surface area contributed by atoms with E-state index in [1.807, 2.05) is 0 Å². The van der Waals surface area contributed by atoms with Gasteiger partial charge in [-0.05, 0) is 25.0 Å². The zero-order valence-corrected chi connectivity index (χ0v) is 13.5. The summed E-state index contributed by atoms with van der Waals surface area (Å²) in [4.78, 5) is 21.3. The molecule has 1 saturated heterocycles. The van der Waals surface area contributed by atoms with Crippen LogP contribution in [0.15, 0.2) is 24.5 Å². The number of aryl methyl sites for hydroxylation is 1. The summed E-state index contributed by atoms with van der Waals surface area (Å²) >= 11 is 0. The molecule has 1 aliphatic rings. The number of hydrogen-bond donors (Lipinski definition) is 1. The molecule has 0 unspecified atom stereocenters. The van der Waals surface area contributed by atoms with Crippen LogP contribution < -0.4 is 10.2 Å². The highest BCUT2D eigenvalue weighted by atomic mass is 19.4. The van der Waals surface area contributed by atoms with Crippen LogP contribution in [0.5, 0.6) is 0 Å². The van der Waals surface area contributed by atoms with Gasteiger partial charge in [-0.15, -0.1) is 0 Å². The van der Waals surface area contributed by atoms with Crippen LogP contribution in [0.2, 0.25) is 0 Å². The first-order chi connectivity index (χ1) is 11.8. The van der Waals surface area contributed by atoms with E-state index in [0.29, 0.717) is 31.6 Å². The van der Waals surface area contributed by atoms with Gasteiger partial charge < -0.3 is 10.2 Å². The Morgan fingerprint density at radius 3 is 2.60 bits per heavy atom. The second-order valence-corrected chi connectivity index (χ2v) is 5.85. The highest BCUT2D eigenvalue weighted by Gasteiger charge is 2.33. The van der Waals surface area contributed by atoms with Crippen LogP contribution in [-0.4, -0.2) is 44.8 Å². The monoisotopic (exact) mass is 354 g/mol. The summed E-state index contributed by atoms with van der Waals surface area (Å²) in [5, 5.41) is 6.93. The number of nitrogens with zero attached hydrogens (tertiary/aromatic N) is 5. The summed E-state index contributed by atoms with van der Waals surface area (Å²) in [6, 6.07) is 2.42. The molecule has 0 radical (unpaired) electrons. The lowest BCUT2D eigenvalue weighted by atomic mass is 10.1. The SMILES string of the molecule is Cn1ccc(C(=O)NC2CCN(c3nccc(C(F)(F)F)n3)CC2)n1. The standard InChI is InChI=1S/C15H17F3N6O/c1-23-7-5-11(22-23)13(25)20-10-3-8-24(9-4-10)14-19-6-2-12(21-14)15(16,17)18/h2,5-7,10H,3-4,8-9H2,1H3,(H,20,25). The fraction of sp³-hybridized carbons (Fsp3) is 0.467. The van der Waals surface area contributed by atoms with Crippen molar-refractivity contribution >= 4 is 11.9 Å². The number of amides is 1. The topological polar surface area (TPSA) is 75.9 Å². The van der Waals surface area contributed by atoms with Gasteiger partial charge in [-0.1, -0.05) is 0 Å². The summed E-state index contributed by atoms with van der Waals surface area (Å²) in [5.41, 5.74) is -0.616. The molecule has 1 N–H and O–H groups in total. The highest BCUT2D eigenvalue weighted by Crippen LogP contribution is 2.28. The lowest BCUT2D eigenvalue weighted by Crippen LogP contribution is -2.45. The largest absolute Gasteiger partial charge is 0.433 e. The van der Waals surface area contributed by atoms with E-state index in [1.54, 1.807) is 28.9 Å². The molecule has 1 amide bonds. The van der Waals surface area contributed by atoms with E-state index in [2.05, 4.69) is 20.4 Å². The third-order valence-electron chi connectivity index (χ3n) is 3.99. The number of alkyl halides is 3. The average Bonchev–Trinajstić information content (AvgIpc) is 3.01. The molecule has 134 valence electrons. The zero-order chi connectivity index (χ0) is 18.0. The summed E-state index contributed by atoms with van der Waals surface area (Å²) in [7, 11) is 1.73. The van der Waals surface area contributed by atoms with E-state index in [4.69, 9.17) is 0 Å². The van der Waals surface area contributed by atoms with Gasteiger partial charge in [0, 0.05) is 38.6 Å². The molecule has 1 aliphatic heterocycles. The number of carbonyl (C=O) groups is 1. The van der Waals surface area contributed by atoms with Crippen LogP contribution in [0.3, 0.4) is 0 Å². The van der Waals surface area contributed by atoms with Crippen molar-refractivity contribution in [1.29, 1.82) is 0 Å². The van der Waals surface area contributed by atoms with E-state index < -0.39 is 11.9 Å². The highest BCUT2D eigenvalue weighted by molar-refractivity contribution is 5.92. The minimum absolute atomic E-state index is 0.0587. The molecule has 2 aromatic rings. The van der Waals surface area contributed by atoms with Crippen molar-refractivity contribution in [3.05, 3.63) is 35.9 Å². The lowest BCUT2D eigenvalue weighted by molar-refractivity contribution is -0.141. The zero-order valence-electron chi connectivity index (χ0n) is 13.5. The van der Waals surface area contributed by atoms with Crippen LogP contribution in [-0.2, 0) is 13.2 Å². The smallest absolute Gasteiger partial charge is 0.348 e. The molecule has 3 heterocycles. The molecule has 1 fully saturated rings. The number of piperidine rings is 1. The van der Waals surface area contributed by atoms with Gasteiger partial charge in [-0.2, -0.15) is 18.3 Å². The average molecular weight is 354 g/mol. The predicted molar refractivity (Wildman–Crippen MR) is 82.9 cm³/mol. The summed E-state index contributed by atoms with van der Waals surface area (Å²) in [6.45, 7) is 0.933. The second kappa shape index (κ2) is 6.69. The van der Waals surface area contributed by atoms with E-state index in [9.17, 15) is 18.0 Å². The number of anilines is 1. The first-order valence-corrected chi connectivity index (χ1v) is 7.78. The fourth-order valence-electron chi connectivity index (χ4n) is 2.68. The van der Waals surface area contributed by atoms with Crippen LogP contribution in [0.1, 0.15) is 29.0 Å². The molecule has 0 spiro atoms. The first kappa shape index (κ1) is 17.2. The lowest BCUT2D eigenvalue weighted by Gasteiger charge is -2.32. The number of nitrogens with one attached hydrogen (secondary N) is 1. The van der Waals surface area contributed by atoms with E-state index in [0.717, 1.165) is 12.3 Å². The van der Waals surface area contributed by atoms with E-state index in [1.165, 1.54) is 0 Å². The molecule has 0 bridgehead atoms. The minimum Gasteiger partial charge on any atom is -0.348 e. The molecule has 0 saturated carbocycles. The number of hydrogen-bond acceptors (Lipinski definition) is 5. The molecule has 0 aromatic carbocycles. The Bertz CT molecular complexity index is 752. The minimum atomic E-state index is -4.49. The van der Waals surface area contributed by atoms with Crippen molar-refractivity contribution in [2.45, 2.75) is 25.1 Å². The van der Waals surface area contributed by atoms with Crippen molar-refractivity contribution in [3.63, 3.8) is 0 Å². The Kier molecular flexibility index (Phi) is 4.60. The van der Waals surface area contributed by atoms with Gasteiger partial charge >= 0.3 is 6.18 Å². The molecule has 0 atom stereocenters. The maximum Gasteiger partial charge on any atom is 0.433 e. The molecule has 0 aliphatic carbocycles. The molecule has 25 heavy (non-hydrogen) atoms. The Hall–Kier alpha value is -2.65. The van der Waals surface area contributed by atoms with Gasteiger partial charge in [0.15, 0.2) is 0 Å².